The molecule has 0 aromatic carbocycles. The van der Waals surface area contributed by atoms with Crippen LogP contribution in [0.3, 0.4) is 0 Å². The van der Waals surface area contributed by atoms with E-state index in [2.05, 4.69) is 0 Å². The van der Waals surface area contributed by atoms with E-state index < -0.39 is 47.0 Å². The molecule has 45 heavy (non-hydrogen) atoms. The van der Waals surface area contributed by atoms with E-state index in [-0.39, 0.29) is 44.1 Å². The summed E-state index contributed by atoms with van der Waals surface area (Å²) in [5.74, 6) is -0.410. The molecule has 8 nitrogen and oxygen atoms in total. The standard InChI is InChI=1S/C33H46F4N4O4/c1-30(10-4-24(25(34)16-30)28-29(45-28)41-17-23(42)14-22(41)15-27(38)43)26-5-11-31(2,19-39-26)44-18-21-6-12-40(13-7-21)20-32(8-3-9-32)33(35,36)37/h4-5,10-11,21-23,28-29,42H,3,6-9,12-20H2,1-2H3,(H2,38,43)/t22-,23-,28?,29?,30?,31?/m1/s1. The van der Waals surface area contributed by atoms with Gasteiger partial charge < -0.3 is 25.2 Å². The van der Waals surface area contributed by atoms with Gasteiger partial charge >= 0.3 is 6.18 Å². The number of ether oxygens (including phenoxy) is 2. The van der Waals surface area contributed by atoms with Crippen LogP contribution in [-0.2, 0) is 14.3 Å². The van der Waals surface area contributed by atoms with Crippen LogP contribution in [0.15, 0.2) is 40.7 Å². The first-order valence-corrected chi connectivity index (χ1v) is 16.3. The Hall–Kier alpha value is -2.12. The van der Waals surface area contributed by atoms with E-state index in [4.69, 9.17) is 20.2 Å². The van der Waals surface area contributed by atoms with Crippen LogP contribution in [0.4, 0.5) is 17.6 Å². The van der Waals surface area contributed by atoms with Gasteiger partial charge in [0.15, 0.2) is 0 Å². The summed E-state index contributed by atoms with van der Waals surface area (Å²) in [5, 5.41) is 10.1. The van der Waals surface area contributed by atoms with Gasteiger partial charge in [0.2, 0.25) is 5.91 Å². The molecule has 4 unspecified atom stereocenters. The van der Waals surface area contributed by atoms with Gasteiger partial charge in [-0.15, -0.1) is 0 Å². The van der Waals surface area contributed by atoms with Crippen LogP contribution in [0.2, 0.25) is 0 Å². The van der Waals surface area contributed by atoms with Gasteiger partial charge in [0, 0.05) is 48.7 Å². The largest absolute Gasteiger partial charge is 0.395 e. The first kappa shape index (κ1) is 32.8. The smallest absolute Gasteiger partial charge is 0.392 e. The average Bonchev–Trinajstić information content (AvgIpc) is 3.64. The monoisotopic (exact) mass is 638 g/mol. The number of halogens is 4. The van der Waals surface area contributed by atoms with Gasteiger partial charge in [0.1, 0.15) is 23.8 Å². The molecule has 250 valence electrons. The first-order chi connectivity index (χ1) is 21.2. The van der Waals surface area contributed by atoms with E-state index in [1.807, 2.05) is 41.9 Å². The number of aliphatic imine (C=N–C) groups is 1. The van der Waals surface area contributed by atoms with Crippen molar-refractivity contribution in [1.29, 1.82) is 0 Å². The molecule has 6 atom stereocenters. The molecule has 1 amide bonds. The van der Waals surface area contributed by atoms with E-state index in [1.54, 1.807) is 6.08 Å². The number of aliphatic hydroxyl groups excluding tert-OH is 1. The Balaban J connectivity index is 0.975. The molecule has 1 saturated carbocycles. The van der Waals surface area contributed by atoms with Crippen molar-refractivity contribution in [2.45, 2.75) is 101 Å². The van der Waals surface area contributed by atoms with Crippen molar-refractivity contribution in [2.75, 3.05) is 39.3 Å². The zero-order valence-corrected chi connectivity index (χ0v) is 26.2. The summed E-state index contributed by atoms with van der Waals surface area (Å²) in [7, 11) is 0. The third-order valence-electron chi connectivity index (χ3n) is 11.0. The van der Waals surface area contributed by atoms with Gasteiger partial charge in [-0.05, 0) is 70.2 Å². The molecule has 3 N–H and O–H groups in total. The fourth-order valence-corrected chi connectivity index (χ4v) is 7.77. The molecule has 0 aromatic rings. The van der Waals surface area contributed by atoms with Crippen molar-refractivity contribution >= 4 is 11.6 Å². The third-order valence-corrected chi connectivity index (χ3v) is 11.0. The van der Waals surface area contributed by atoms with Crippen molar-refractivity contribution in [3.63, 3.8) is 0 Å². The number of carbonyl (C=O) groups excluding carboxylic acids is 1. The highest BCUT2D eigenvalue weighted by atomic mass is 19.4. The summed E-state index contributed by atoms with van der Waals surface area (Å²) in [6, 6.07) is -0.220. The molecule has 0 aromatic heterocycles. The number of piperidine rings is 1. The predicted octanol–water partition coefficient (Wildman–Crippen LogP) is 4.44. The summed E-state index contributed by atoms with van der Waals surface area (Å²) >= 11 is 0. The van der Waals surface area contributed by atoms with Gasteiger partial charge in [0.05, 0.1) is 24.7 Å². The fraction of sp³-hybridized carbons (Fsp3) is 0.758. The number of primary amides is 1. The van der Waals surface area contributed by atoms with Crippen LogP contribution < -0.4 is 5.73 Å². The number of allylic oxidation sites excluding steroid dienone is 3. The van der Waals surface area contributed by atoms with Crippen LogP contribution in [0, 0.1) is 16.7 Å². The molecule has 0 spiro atoms. The molecule has 6 aliphatic rings. The number of nitrogens with zero attached hydrogens (tertiary/aromatic N) is 3. The number of alkyl halides is 3. The number of rotatable bonds is 10. The lowest BCUT2D eigenvalue weighted by Gasteiger charge is -2.47. The summed E-state index contributed by atoms with van der Waals surface area (Å²) in [6.07, 6.45) is 5.57. The van der Waals surface area contributed by atoms with Gasteiger partial charge in [-0.3, -0.25) is 14.7 Å². The highest BCUT2D eigenvalue weighted by molar-refractivity contribution is 6.02. The van der Waals surface area contributed by atoms with Crippen molar-refractivity contribution < 1.29 is 36.9 Å². The summed E-state index contributed by atoms with van der Waals surface area (Å²) < 4.78 is 68.5. The summed E-state index contributed by atoms with van der Waals surface area (Å²) in [6.45, 7) is 6.66. The Bertz CT molecular complexity index is 1270. The maximum absolute atomic E-state index is 15.6. The Labute approximate surface area is 262 Å². The SMILES string of the molecule is CC1(OCC2CCN(CC3(C(F)(F)F)CCC3)CC2)C=CC(C2(C)C=CC(C3OC3N3C[C@H](O)C[C@@H]3CC(N)=O)=C(F)C2)=NC1. The number of hydrogen-bond acceptors (Lipinski definition) is 7. The minimum Gasteiger partial charge on any atom is -0.392 e. The van der Waals surface area contributed by atoms with Crippen LogP contribution in [0.1, 0.15) is 65.2 Å². The number of likely N-dealkylation sites (tertiary alicyclic amines) is 2. The number of β-amino-alcohol motifs (C(OH)–C–C–N with tert-alkyl or cyclic N) is 1. The third kappa shape index (κ3) is 6.81. The number of amides is 1. The molecule has 4 aliphatic heterocycles. The first-order valence-electron chi connectivity index (χ1n) is 16.3. The Morgan fingerprint density at radius 1 is 1.20 bits per heavy atom. The minimum atomic E-state index is -4.13. The molecule has 2 aliphatic carbocycles. The highest BCUT2D eigenvalue weighted by Crippen LogP contribution is 2.53. The Morgan fingerprint density at radius 2 is 1.93 bits per heavy atom. The molecule has 4 fully saturated rings. The van der Waals surface area contributed by atoms with E-state index in [0.717, 1.165) is 18.6 Å². The maximum Gasteiger partial charge on any atom is 0.395 e. The van der Waals surface area contributed by atoms with Crippen LogP contribution >= 0.6 is 0 Å². The molecule has 0 bridgehead atoms. The molecule has 6 rings (SSSR count). The maximum atomic E-state index is 15.6. The number of epoxide rings is 1. The second kappa shape index (κ2) is 12.2. The fourth-order valence-electron chi connectivity index (χ4n) is 7.77. The summed E-state index contributed by atoms with van der Waals surface area (Å²) in [5.41, 5.74) is 3.90. The van der Waals surface area contributed by atoms with Crippen molar-refractivity contribution in [1.82, 2.24) is 9.80 Å². The minimum absolute atomic E-state index is 0.112. The second-order valence-corrected chi connectivity index (χ2v) is 14.7. The normalized spacial score (nSPS) is 37.5. The highest BCUT2D eigenvalue weighted by Gasteiger charge is 2.58. The van der Waals surface area contributed by atoms with E-state index in [9.17, 15) is 23.1 Å². The van der Waals surface area contributed by atoms with E-state index in [1.165, 1.54) is 0 Å². The molecule has 3 saturated heterocycles. The van der Waals surface area contributed by atoms with Gasteiger partial charge in [0.25, 0.3) is 0 Å². The van der Waals surface area contributed by atoms with E-state index >= 15 is 4.39 Å². The predicted molar refractivity (Wildman–Crippen MR) is 161 cm³/mol. The van der Waals surface area contributed by atoms with Gasteiger partial charge in [-0.1, -0.05) is 25.5 Å². The van der Waals surface area contributed by atoms with Crippen molar-refractivity contribution in [3.8, 4) is 0 Å². The van der Waals surface area contributed by atoms with Crippen LogP contribution in [-0.4, -0.2) is 102 Å². The number of hydrogen-bond donors (Lipinski definition) is 2. The van der Waals surface area contributed by atoms with Crippen molar-refractivity contribution in [3.05, 3.63) is 35.7 Å². The Morgan fingerprint density at radius 3 is 2.51 bits per heavy atom. The van der Waals surface area contributed by atoms with Crippen LogP contribution in [0.25, 0.3) is 0 Å². The number of nitrogens with two attached hydrogens (primary N) is 1. The topological polar surface area (TPSA) is 104 Å². The molecule has 12 heteroatoms. The van der Waals surface area contributed by atoms with Gasteiger partial charge in [-0.2, -0.15) is 13.2 Å². The molecule has 0 radical (unpaired) electrons. The van der Waals surface area contributed by atoms with Crippen molar-refractivity contribution in [2.24, 2.45) is 27.5 Å². The zero-order chi connectivity index (χ0) is 32.2. The lowest BCUT2D eigenvalue weighted by Crippen LogP contribution is -2.53. The van der Waals surface area contributed by atoms with E-state index in [0.29, 0.717) is 57.1 Å². The quantitative estimate of drug-likeness (QED) is 0.271. The lowest BCUT2D eigenvalue weighted by atomic mass is 9.67. The molecule has 4 heterocycles. The van der Waals surface area contributed by atoms with Crippen LogP contribution in [0.5, 0.6) is 0 Å². The number of carbonyl (C=O) groups is 1. The second-order valence-electron chi connectivity index (χ2n) is 14.7. The van der Waals surface area contributed by atoms with Gasteiger partial charge in [-0.25, -0.2) is 4.39 Å². The number of aliphatic hydroxyl groups is 1. The zero-order valence-electron chi connectivity index (χ0n) is 26.2. The lowest BCUT2D eigenvalue weighted by molar-refractivity contribution is -0.256. The molecular weight excluding hydrogens is 592 g/mol. The number of dihydropyridines is 1. The Kier molecular flexibility index (Phi) is 8.86. The summed E-state index contributed by atoms with van der Waals surface area (Å²) in [4.78, 5) is 20.2. The molecular formula is C33H46F4N4O4. The average molecular weight is 639 g/mol.